The molecule has 17 heavy (non-hydrogen) atoms. The van der Waals surface area contributed by atoms with Crippen molar-refractivity contribution in [2.45, 2.75) is 6.42 Å². The minimum atomic E-state index is -0.310. The van der Waals surface area contributed by atoms with Crippen LogP contribution in [0.15, 0.2) is 16.9 Å². The largest absolute Gasteiger partial charge is 0.364 e. The molecule has 2 aromatic heterocycles. The molecule has 1 aliphatic heterocycles. The predicted molar refractivity (Wildman–Crippen MR) is 64.6 cm³/mol. The van der Waals surface area contributed by atoms with Crippen LogP contribution in [0.4, 0.5) is 5.82 Å². The number of hydrogen-bond acceptors (Lipinski definition) is 4. The van der Waals surface area contributed by atoms with E-state index >= 15 is 0 Å². The van der Waals surface area contributed by atoms with Gasteiger partial charge in [0.05, 0.1) is 0 Å². The van der Waals surface area contributed by atoms with Crippen molar-refractivity contribution in [1.29, 1.82) is 0 Å². The van der Waals surface area contributed by atoms with Gasteiger partial charge in [0.2, 0.25) is 0 Å². The van der Waals surface area contributed by atoms with Gasteiger partial charge < -0.3 is 4.90 Å². The second kappa shape index (κ2) is 4.03. The van der Waals surface area contributed by atoms with Gasteiger partial charge in [0.25, 0.3) is 0 Å². The van der Waals surface area contributed by atoms with Gasteiger partial charge in [0.1, 0.15) is 5.82 Å². The molecule has 1 unspecified atom stereocenters. The number of nitrogens with one attached hydrogen (secondary N) is 1. The molecule has 3 heterocycles. The number of aromatic nitrogens is 4. The van der Waals surface area contributed by atoms with E-state index < -0.39 is 0 Å². The third-order valence-electron chi connectivity index (χ3n) is 3.09. The second-order valence-corrected chi connectivity index (χ2v) is 4.55. The summed E-state index contributed by atoms with van der Waals surface area (Å²) in [5, 5.41) is 10.5. The molecule has 1 N–H and O–H groups in total. The van der Waals surface area contributed by atoms with Crippen molar-refractivity contribution in [1.82, 2.24) is 19.8 Å². The van der Waals surface area contributed by atoms with Crippen LogP contribution in [0.5, 0.6) is 0 Å². The molecule has 1 saturated heterocycles. The van der Waals surface area contributed by atoms with E-state index in [2.05, 4.69) is 20.2 Å². The van der Waals surface area contributed by atoms with Crippen LogP contribution < -0.4 is 10.6 Å². The first-order chi connectivity index (χ1) is 8.28. The summed E-state index contributed by atoms with van der Waals surface area (Å²) < 4.78 is 1.28. The number of nitrogens with zero attached hydrogens (tertiary/aromatic N) is 4. The topological polar surface area (TPSA) is 66.3 Å². The van der Waals surface area contributed by atoms with E-state index in [1.807, 2.05) is 6.07 Å². The summed E-state index contributed by atoms with van der Waals surface area (Å²) in [4.78, 5) is 13.6. The first-order valence-electron chi connectivity index (χ1n) is 5.53. The first kappa shape index (κ1) is 10.6. The average Bonchev–Trinajstić information content (AvgIpc) is 2.96. The van der Waals surface area contributed by atoms with Gasteiger partial charge in [0.15, 0.2) is 5.65 Å². The minimum Gasteiger partial charge on any atom is -0.355 e. The van der Waals surface area contributed by atoms with Gasteiger partial charge in [-0.3, -0.25) is 0 Å². The molecule has 2 aromatic rings. The van der Waals surface area contributed by atoms with Gasteiger partial charge in [0, 0.05) is 19.0 Å². The molecule has 0 saturated carbocycles. The van der Waals surface area contributed by atoms with E-state index in [4.69, 9.17) is 11.6 Å². The maximum Gasteiger partial charge on any atom is 0.364 e. The van der Waals surface area contributed by atoms with Gasteiger partial charge in [-0.15, -0.1) is 16.7 Å². The Morgan fingerprint density at radius 2 is 2.41 bits per heavy atom. The molecule has 90 valence electrons. The van der Waals surface area contributed by atoms with Crippen LogP contribution >= 0.6 is 11.6 Å². The van der Waals surface area contributed by atoms with E-state index in [1.54, 1.807) is 6.07 Å². The van der Waals surface area contributed by atoms with Crippen LogP contribution in [0, 0.1) is 5.92 Å². The van der Waals surface area contributed by atoms with Crippen molar-refractivity contribution >= 4 is 23.1 Å². The summed E-state index contributed by atoms with van der Waals surface area (Å²) in [5.41, 5.74) is 0.224. The van der Waals surface area contributed by atoms with Crippen molar-refractivity contribution < 1.29 is 0 Å². The molecule has 1 aliphatic rings. The monoisotopic (exact) mass is 253 g/mol. The number of halogens is 1. The fraction of sp³-hybridized carbons (Fsp3) is 0.500. The number of rotatable bonds is 2. The molecule has 0 amide bonds. The quantitative estimate of drug-likeness (QED) is 0.791. The van der Waals surface area contributed by atoms with Crippen molar-refractivity contribution in [3.63, 3.8) is 0 Å². The number of hydrogen-bond donors (Lipinski definition) is 1. The van der Waals surface area contributed by atoms with E-state index in [9.17, 15) is 4.79 Å². The Kier molecular flexibility index (Phi) is 2.51. The molecule has 3 rings (SSSR count). The van der Waals surface area contributed by atoms with Gasteiger partial charge in [-0.05, 0) is 24.5 Å². The van der Waals surface area contributed by atoms with E-state index in [1.165, 1.54) is 4.52 Å². The van der Waals surface area contributed by atoms with Crippen LogP contribution in [0.1, 0.15) is 6.42 Å². The minimum absolute atomic E-state index is 0.310. The molecule has 0 aromatic carbocycles. The number of anilines is 1. The van der Waals surface area contributed by atoms with Crippen LogP contribution in [0.25, 0.3) is 5.65 Å². The third-order valence-corrected chi connectivity index (χ3v) is 3.52. The highest BCUT2D eigenvalue weighted by molar-refractivity contribution is 6.18. The lowest BCUT2D eigenvalue weighted by molar-refractivity contribution is 0.665. The Morgan fingerprint density at radius 1 is 1.53 bits per heavy atom. The summed E-state index contributed by atoms with van der Waals surface area (Å²) in [5.74, 6) is 1.98. The Hall–Kier alpha value is -1.56. The van der Waals surface area contributed by atoms with Gasteiger partial charge >= 0.3 is 5.69 Å². The Balaban J connectivity index is 1.95. The maximum atomic E-state index is 11.4. The predicted octanol–water partition coefficient (Wildman–Crippen LogP) is 0.483. The van der Waals surface area contributed by atoms with Crippen LogP contribution in [-0.4, -0.2) is 38.8 Å². The van der Waals surface area contributed by atoms with Crippen molar-refractivity contribution in [2.24, 2.45) is 5.92 Å². The zero-order chi connectivity index (χ0) is 11.8. The Morgan fingerprint density at radius 3 is 3.18 bits per heavy atom. The van der Waals surface area contributed by atoms with Gasteiger partial charge in [-0.1, -0.05) is 0 Å². The summed E-state index contributed by atoms with van der Waals surface area (Å²) >= 11 is 5.85. The summed E-state index contributed by atoms with van der Waals surface area (Å²) in [6.45, 7) is 1.83. The second-order valence-electron chi connectivity index (χ2n) is 4.25. The summed E-state index contributed by atoms with van der Waals surface area (Å²) in [6.07, 6.45) is 1.07. The highest BCUT2D eigenvalue weighted by Crippen LogP contribution is 2.22. The van der Waals surface area contributed by atoms with Crippen molar-refractivity contribution in [3.8, 4) is 0 Å². The SMILES string of the molecule is O=c1[nH]nc2ccc(N3CCC(CCl)C3)nn12. The molecule has 7 heteroatoms. The van der Waals surface area contributed by atoms with Gasteiger partial charge in [-0.2, -0.15) is 9.61 Å². The van der Waals surface area contributed by atoms with Crippen molar-refractivity contribution in [3.05, 3.63) is 22.6 Å². The molecule has 1 atom stereocenters. The third kappa shape index (κ3) is 1.78. The maximum absolute atomic E-state index is 11.4. The average molecular weight is 254 g/mol. The zero-order valence-corrected chi connectivity index (χ0v) is 9.89. The Labute approximate surface area is 102 Å². The van der Waals surface area contributed by atoms with Crippen LogP contribution in [0.3, 0.4) is 0 Å². The summed E-state index contributed by atoms with van der Waals surface area (Å²) in [7, 11) is 0. The lowest BCUT2D eigenvalue weighted by Gasteiger charge is -2.16. The zero-order valence-electron chi connectivity index (χ0n) is 9.14. The molecule has 0 radical (unpaired) electrons. The van der Waals surface area contributed by atoms with E-state index in [0.717, 1.165) is 25.3 Å². The highest BCUT2D eigenvalue weighted by atomic mass is 35.5. The van der Waals surface area contributed by atoms with Crippen LogP contribution in [-0.2, 0) is 0 Å². The molecule has 6 nitrogen and oxygen atoms in total. The molecule has 0 aliphatic carbocycles. The molecular weight excluding hydrogens is 242 g/mol. The normalized spacial score (nSPS) is 20.3. The Bertz CT molecular complexity index is 592. The number of H-pyrrole nitrogens is 1. The lowest BCUT2D eigenvalue weighted by atomic mass is 10.2. The number of fused-ring (bicyclic) bond motifs is 1. The smallest absolute Gasteiger partial charge is 0.355 e. The highest BCUT2D eigenvalue weighted by Gasteiger charge is 2.23. The standard InChI is InChI=1S/C10H12ClN5O/c11-5-7-3-4-15(6-7)9-2-1-8-12-13-10(17)16(8)14-9/h1-2,7H,3-6H2,(H,13,17). The fourth-order valence-corrected chi connectivity index (χ4v) is 2.38. The molecule has 1 fully saturated rings. The number of alkyl halides is 1. The fourth-order valence-electron chi connectivity index (χ4n) is 2.13. The molecular formula is C10H12ClN5O. The van der Waals surface area contributed by atoms with Crippen LogP contribution in [0.2, 0.25) is 0 Å². The van der Waals surface area contributed by atoms with E-state index in [-0.39, 0.29) is 5.69 Å². The number of aromatic amines is 1. The molecule has 0 spiro atoms. The molecule has 0 bridgehead atoms. The van der Waals surface area contributed by atoms with Crippen molar-refractivity contribution in [2.75, 3.05) is 23.9 Å². The van der Waals surface area contributed by atoms with Gasteiger partial charge in [-0.25, -0.2) is 9.89 Å². The van der Waals surface area contributed by atoms with E-state index in [0.29, 0.717) is 17.4 Å². The lowest BCUT2D eigenvalue weighted by Crippen LogP contribution is -2.23. The first-order valence-corrected chi connectivity index (χ1v) is 6.07. The summed E-state index contributed by atoms with van der Waals surface area (Å²) in [6, 6.07) is 3.67.